The third-order valence-corrected chi connectivity index (χ3v) is 3.76. The van der Waals surface area contributed by atoms with Crippen LogP contribution in [0, 0.1) is 5.92 Å². The van der Waals surface area contributed by atoms with Crippen molar-refractivity contribution < 1.29 is 5.11 Å². The zero-order valence-corrected chi connectivity index (χ0v) is 10.4. The van der Waals surface area contributed by atoms with Crippen molar-refractivity contribution >= 4 is 0 Å². The van der Waals surface area contributed by atoms with Gasteiger partial charge in [-0.05, 0) is 38.6 Å². The zero-order chi connectivity index (χ0) is 11.1. The third kappa shape index (κ3) is 4.12. The Morgan fingerprint density at radius 3 is 2.67 bits per heavy atom. The van der Waals surface area contributed by atoms with E-state index in [2.05, 4.69) is 18.9 Å². The Bertz CT molecular complexity index is 159. The van der Waals surface area contributed by atoms with Gasteiger partial charge in [-0.25, -0.2) is 0 Å². The minimum absolute atomic E-state index is 0.329. The van der Waals surface area contributed by atoms with Gasteiger partial charge in [-0.1, -0.05) is 26.2 Å². The second-order valence-electron chi connectivity index (χ2n) is 4.96. The molecule has 1 aliphatic rings. The van der Waals surface area contributed by atoms with E-state index in [1.54, 1.807) is 0 Å². The minimum atomic E-state index is 0.329. The fourth-order valence-corrected chi connectivity index (χ4v) is 2.96. The molecule has 0 radical (unpaired) electrons. The van der Waals surface area contributed by atoms with Crippen molar-refractivity contribution in [1.82, 2.24) is 4.90 Å². The Morgan fingerprint density at radius 1 is 1.27 bits per heavy atom. The summed E-state index contributed by atoms with van der Waals surface area (Å²) in [5, 5.41) is 8.86. The maximum Gasteiger partial charge on any atom is 0.0443 e. The average molecular weight is 213 g/mol. The lowest BCUT2D eigenvalue weighted by atomic mass is 9.81. The Morgan fingerprint density at radius 2 is 2.00 bits per heavy atom. The van der Waals surface area contributed by atoms with Gasteiger partial charge >= 0.3 is 0 Å². The highest BCUT2D eigenvalue weighted by molar-refractivity contribution is 4.81. The molecule has 1 rings (SSSR count). The van der Waals surface area contributed by atoms with Gasteiger partial charge in [-0.15, -0.1) is 0 Å². The highest BCUT2D eigenvalue weighted by Crippen LogP contribution is 2.31. The first kappa shape index (κ1) is 13.0. The van der Waals surface area contributed by atoms with Gasteiger partial charge in [0.1, 0.15) is 0 Å². The van der Waals surface area contributed by atoms with Crippen LogP contribution >= 0.6 is 0 Å². The maximum atomic E-state index is 8.86. The molecule has 0 bridgehead atoms. The molecule has 0 aromatic rings. The topological polar surface area (TPSA) is 23.5 Å². The molecule has 2 nitrogen and oxygen atoms in total. The monoisotopic (exact) mass is 213 g/mol. The maximum absolute atomic E-state index is 8.86. The molecule has 90 valence electrons. The number of hydrogen-bond acceptors (Lipinski definition) is 2. The van der Waals surface area contributed by atoms with E-state index in [4.69, 9.17) is 5.11 Å². The van der Waals surface area contributed by atoms with Gasteiger partial charge in [0, 0.05) is 19.2 Å². The van der Waals surface area contributed by atoms with E-state index in [-0.39, 0.29) is 0 Å². The van der Waals surface area contributed by atoms with Crippen LogP contribution in [-0.4, -0.2) is 36.2 Å². The number of rotatable bonds is 6. The lowest BCUT2D eigenvalue weighted by Crippen LogP contribution is -2.40. The molecule has 1 saturated carbocycles. The Balaban J connectivity index is 2.39. The second-order valence-corrected chi connectivity index (χ2v) is 4.96. The van der Waals surface area contributed by atoms with Crippen molar-refractivity contribution in [3.8, 4) is 0 Å². The first-order valence-electron chi connectivity index (χ1n) is 6.60. The molecule has 0 heterocycles. The van der Waals surface area contributed by atoms with E-state index in [1.807, 2.05) is 0 Å². The van der Waals surface area contributed by atoms with Crippen molar-refractivity contribution in [3.63, 3.8) is 0 Å². The first-order chi connectivity index (χ1) is 7.29. The summed E-state index contributed by atoms with van der Waals surface area (Å²) in [6, 6.07) is 0.783. The Kier molecular flexibility index (Phi) is 6.26. The van der Waals surface area contributed by atoms with Crippen molar-refractivity contribution in [3.05, 3.63) is 0 Å². The van der Waals surface area contributed by atoms with Crippen LogP contribution in [0.1, 0.15) is 51.9 Å². The van der Waals surface area contributed by atoms with Crippen LogP contribution in [0.15, 0.2) is 0 Å². The summed E-state index contributed by atoms with van der Waals surface area (Å²) in [7, 11) is 2.23. The first-order valence-corrected chi connectivity index (χ1v) is 6.60. The second kappa shape index (κ2) is 7.24. The summed E-state index contributed by atoms with van der Waals surface area (Å²) in [5.74, 6) is 0.910. The van der Waals surface area contributed by atoms with Crippen molar-refractivity contribution in [1.29, 1.82) is 0 Å². The molecule has 1 N–H and O–H groups in total. The van der Waals surface area contributed by atoms with Crippen molar-refractivity contribution in [2.75, 3.05) is 20.2 Å². The molecular formula is C13H27NO. The molecule has 0 amide bonds. The van der Waals surface area contributed by atoms with Crippen LogP contribution in [0.2, 0.25) is 0 Å². The predicted octanol–water partition coefficient (Wildman–Crippen LogP) is 2.66. The van der Waals surface area contributed by atoms with E-state index in [0.29, 0.717) is 6.61 Å². The molecule has 2 unspecified atom stereocenters. The van der Waals surface area contributed by atoms with Gasteiger partial charge in [-0.2, -0.15) is 0 Å². The molecule has 0 saturated heterocycles. The normalized spacial score (nSPS) is 27.2. The Labute approximate surface area is 94.7 Å². The molecule has 15 heavy (non-hydrogen) atoms. The minimum Gasteiger partial charge on any atom is -0.396 e. The van der Waals surface area contributed by atoms with Gasteiger partial charge in [0.25, 0.3) is 0 Å². The quantitative estimate of drug-likeness (QED) is 0.733. The summed E-state index contributed by atoms with van der Waals surface area (Å²) in [6.07, 6.45) is 9.23. The number of nitrogens with zero attached hydrogens (tertiary/aromatic N) is 1. The van der Waals surface area contributed by atoms with Crippen molar-refractivity contribution in [2.45, 2.75) is 57.9 Å². The van der Waals surface area contributed by atoms with E-state index in [1.165, 1.54) is 38.5 Å². The molecular weight excluding hydrogens is 186 g/mol. The van der Waals surface area contributed by atoms with Crippen LogP contribution in [0.4, 0.5) is 0 Å². The molecule has 0 aliphatic heterocycles. The molecule has 2 atom stereocenters. The summed E-state index contributed by atoms with van der Waals surface area (Å²) in [5.41, 5.74) is 0. The fourth-order valence-electron chi connectivity index (χ4n) is 2.96. The van der Waals surface area contributed by atoms with Gasteiger partial charge in [0.2, 0.25) is 0 Å². The van der Waals surface area contributed by atoms with Gasteiger partial charge in [0.05, 0.1) is 0 Å². The number of aliphatic hydroxyl groups excluding tert-OH is 1. The zero-order valence-electron chi connectivity index (χ0n) is 10.4. The highest BCUT2D eigenvalue weighted by Gasteiger charge is 2.26. The molecule has 1 aliphatic carbocycles. The van der Waals surface area contributed by atoms with Crippen LogP contribution < -0.4 is 0 Å². The number of aliphatic hydroxyl groups is 1. The van der Waals surface area contributed by atoms with E-state index in [0.717, 1.165) is 24.9 Å². The lowest BCUT2D eigenvalue weighted by molar-refractivity contribution is 0.115. The molecule has 1 fully saturated rings. The average Bonchev–Trinajstić information content (AvgIpc) is 2.27. The van der Waals surface area contributed by atoms with Gasteiger partial charge < -0.3 is 10.0 Å². The molecule has 2 heteroatoms. The summed E-state index contributed by atoms with van der Waals surface area (Å²) >= 11 is 0. The van der Waals surface area contributed by atoms with Crippen LogP contribution in [0.5, 0.6) is 0 Å². The highest BCUT2D eigenvalue weighted by atomic mass is 16.3. The van der Waals surface area contributed by atoms with E-state index >= 15 is 0 Å². The largest absolute Gasteiger partial charge is 0.396 e. The fraction of sp³-hybridized carbons (Fsp3) is 1.00. The smallest absolute Gasteiger partial charge is 0.0443 e. The predicted molar refractivity (Wildman–Crippen MR) is 65.0 cm³/mol. The Hall–Kier alpha value is -0.0800. The van der Waals surface area contributed by atoms with Crippen LogP contribution in [-0.2, 0) is 0 Å². The van der Waals surface area contributed by atoms with Crippen LogP contribution in [0.25, 0.3) is 0 Å². The van der Waals surface area contributed by atoms with Gasteiger partial charge in [0.15, 0.2) is 0 Å². The summed E-state index contributed by atoms with van der Waals surface area (Å²) < 4.78 is 0. The summed E-state index contributed by atoms with van der Waals surface area (Å²) in [4.78, 5) is 2.48. The van der Waals surface area contributed by atoms with E-state index < -0.39 is 0 Å². The molecule has 0 spiro atoms. The third-order valence-electron chi connectivity index (χ3n) is 3.76. The standard InChI is InChI=1S/C13H27NO/c1-3-7-12-8-4-5-9-13(12)14(2)10-6-11-15/h12-13,15H,3-11H2,1-2H3. The van der Waals surface area contributed by atoms with Gasteiger partial charge in [-0.3, -0.25) is 0 Å². The number of hydrogen-bond donors (Lipinski definition) is 1. The van der Waals surface area contributed by atoms with Crippen molar-refractivity contribution in [2.24, 2.45) is 5.92 Å². The van der Waals surface area contributed by atoms with Crippen LogP contribution in [0.3, 0.4) is 0 Å². The molecule has 0 aromatic carbocycles. The molecule has 0 aromatic heterocycles. The lowest BCUT2D eigenvalue weighted by Gasteiger charge is -2.38. The SMILES string of the molecule is CCCC1CCCCC1N(C)CCCO. The van der Waals surface area contributed by atoms with E-state index in [9.17, 15) is 0 Å². The summed E-state index contributed by atoms with van der Waals surface area (Å²) in [6.45, 7) is 3.68.